The maximum Gasteiger partial charge on any atom is 0.286 e. The van der Waals surface area contributed by atoms with Gasteiger partial charge in [-0.25, -0.2) is 0 Å². The number of carbonyl (C=O) groups is 2. The van der Waals surface area contributed by atoms with Gasteiger partial charge in [0.25, 0.3) is 17.5 Å². The van der Waals surface area contributed by atoms with E-state index in [1.807, 2.05) is 0 Å². The van der Waals surface area contributed by atoms with Gasteiger partial charge in [0.2, 0.25) is 0 Å². The van der Waals surface area contributed by atoms with E-state index in [1.165, 1.54) is 13.2 Å². The van der Waals surface area contributed by atoms with Gasteiger partial charge in [0, 0.05) is 23.4 Å². The molecule has 31 heavy (non-hydrogen) atoms. The van der Waals surface area contributed by atoms with Gasteiger partial charge in [-0.1, -0.05) is 12.8 Å². The molecule has 164 valence electrons. The Morgan fingerprint density at radius 1 is 1.10 bits per heavy atom. The fraction of sp³-hybridized carbons (Fsp3) is 0.364. The van der Waals surface area contributed by atoms with Gasteiger partial charge in [0.15, 0.2) is 11.5 Å². The van der Waals surface area contributed by atoms with Crippen LogP contribution in [-0.4, -0.2) is 36.5 Å². The Morgan fingerprint density at radius 3 is 2.35 bits per heavy atom. The predicted molar refractivity (Wildman–Crippen MR) is 115 cm³/mol. The molecule has 2 aromatic rings. The van der Waals surface area contributed by atoms with Crippen molar-refractivity contribution in [2.75, 3.05) is 19.0 Å². The van der Waals surface area contributed by atoms with E-state index in [1.54, 1.807) is 31.2 Å². The van der Waals surface area contributed by atoms with Gasteiger partial charge in [-0.3, -0.25) is 19.7 Å². The lowest BCUT2D eigenvalue weighted by Crippen LogP contribution is -2.32. The first-order valence-corrected chi connectivity index (χ1v) is 10.1. The van der Waals surface area contributed by atoms with Crippen LogP contribution in [0.5, 0.6) is 11.5 Å². The van der Waals surface area contributed by atoms with E-state index < -0.39 is 16.5 Å². The van der Waals surface area contributed by atoms with E-state index >= 15 is 0 Å². The zero-order chi connectivity index (χ0) is 22.4. The third-order valence-corrected chi connectivity index (χ3v) is 5.12. The van der Waals surface area contributed by atoms with Crippen molar-refractivity contribution in [2.45, 2.75) is 38.6 Å². The highest BCUT2D eigenvalue weighted by Gasteiger charge is 2.25. The van der Waals surface area contributed by atoms with Crippen LogP contribution in [0.4, 0.5) is 11.4 Å². The molecular weight excluding hydrogens is 402 g/mol. The molecule has 2 amide bonds. The lowest BCUT2D eigenvalue weighted by atomic mass is 10.1. The Bertz CT molecular complexity index is 968. The molecule has 1 aliphatic carbocycles. The lowest BCUT2D eigenvalue weighted by Gasteiger charge is -2.13. The number of nitrogens with zero attached hydrogens (tertiary/aromatic N) is 1. The summed E-state index contributed by atoms with van der Waals surface area (Å²) in [5.74, 6) is -0.419. The van der Waals surface area contributed by atoms with Gasteiger partial charge < -0.3 is 20.1 Å². The molecule has 0 heterocycles. The molecule has 2 aromatic carbocycles. The summed E-state index contributed by atoms with van der Waals surface area (Å²) in [5, 5.41) is 17.1. The second kappa shape index (κ2) is 9.92. The smallest absolute Gasteiger partial charge is 0.286 e. The van der Waals surface area contributed by atoms with E-state index in [0.717, 1.165) is 31.7 Å². The van der Waals surface area contributed by atoms with Crippen LogP contribution in [0, 0.1) is 10.1 Å². The number of carbonyl (C=O) groups excluding carboxylic acids is 2. The van der Waals surface area contributed by atoms with Crippen molar-refractivity contribution in [1.82, 2.24) is 5.32 Å². The average Bonchev–Trinajstić information content (AvgIpc) is 3.27. The Hall–Kier alpha value is -3.62. The van der Waals surface area contributed by atoms with E-state index in [4.69, 9.17) is 9.47 Å². The van der Waals surface area contributed by atoms with Crippen molar-refractivity contribution in [3.63, 3.8) is 0 Å². The Balaban J connectivity index is 1.76. The van der Waals surface area contributed by atoms with Crippen molar-refractivity contribution in [3.05, 3.63) is 57.6 Å². The third-order valence-electron chi connectivity index (χ3n) is 5.12. The van der Waals surface area contributed by atoms with Crippen molar-refractivity contribution < 1.29 is 24.0 Å². The number of benzene rings is 2. The van der Waals surface area contributed by atoms with E-state index in [-0.39, 0.29) is 29.0 Å². The molecular formula is C22H25N3O6. The number of rotatable bonds is 8. The maximum absolute atomic E-state index is 12.8. The van der Waals surface area contributed by atoms with Crippen LogP contribution in [0.15, 0.2) is 36.4 Å². The van der Waals surface area contributed by atoms with Crippen LogP contribution in [0.25, 0.3) is 0 Å². The highest BCUT2D eigenvalue weighted by atomic mass is 16.6. The van der Waals surface area contributed by atoms with Gasteiger partial charge in [-0.2, -0.15) is 0 Å². The van der Waals surface area contributed by atoms with Crippen molar-refractivity contribution in [1.29, 1.82) is 0 Å². The molecule has 9 nitrogen and oxygen atoms in total. The lowest BCUT2D eigenvalue weighted by molar-refractivity contribution is -0.385. The number of hydrogen-bond donors (Lipinski definition) is 2. The number of nitrogens with one attached hydrogen (secondary N) is 2. The second-order valence-corrected chi connectivity index (χ2v) is 7.20. The molecule has 0 atom stereocenters. The fourth-order valence-corrected chi connectivity index (χ4v) is 3.55. The van der Waals surface area contributed by atoms with Gasteiger partial charge in [-0.05, 0) is 44.0 Å². The summed E-state index contributed by atoms with van der Waals surface area (Å²) >= 11 is 0. The molecule has 0 aliphatic heterocycles. The average molecular weight is 427 g/mol. The van der Waals surface area contributed by atoms with Crippen LogP contribution in [0.2, 0.25) is 0 Å². The molecule has 3 rings (SSSR count). The zero-order valence-corrected chi connectivity index (χ0v) is 17.5. The van der Waals surface area contributed by atoms with Crippen molar-refractivity contribution >= 4 is 23.2 Å². The zero-order valence-electron chi connectivity index (χ0n) is 17.5. The Morgan fingerprint density at radius 2 is 1.77 bits per heavy atom. The summed E-state index contributed by atoms with van der Waals surface area (Å²) in [4.78, 5) is 35.9. The first-order chi connectivity index (χ1) is 14.9. The highest BCUT2D eigenvalue weighted by Crippen LogP contribution is 2.35. The normalized spacial score (nSPS) is 13.5. The predicted octanol–water partition coefficient (Wildman–Crippen LogP) is 3.93. The quantitative estimate of drug-likeness (QED) is 0.487. The van der Waals surface area contributed by atoms with Crippen molar-refractivity contribution in [2.24, 2.45) is 0 Å². The minimum atomic E-state index is -0.668. The number of anilines is 1. The summed E-state index contributed by atoms with van der Waals surface area (Å²) in [6.07, 6.45) is 4.23. The van der Waals surface area contributed by atoms with Crippen LogP contribution in [-0.2, 0) is 0 Å². The molecule has 0 spiro atoms. The number of nitro benzene ring substituents is 1. The van der Waals surface area contributed by atoms with Gasteiger partial charge in [0.05, 0.1) is 24.7 Å². The molecule has 0 unspecified atom stereocenters. The monoisotopic (exact) mass is 427 g/mol. The van der Waals surface area contributed by atoms with Crippen molar-refractivity contribution in [3.8, 4) is 11.5 Å². The Kier molecular flexibility index (Phi) is 7.07. The SMILES string of the molecule is CCOc1cc(C(=O)Nc2ccc(C(=O)NC3CCCC3)cc2)c([N+](=O)[O-])cc1OC. The summed E-state index contributed by atoms with van der Waals surface area (Å²) in [7, 11) is 1.37. The van der Waals surface area contributed by atoms with Gasteiger partial charge in [0.1, 0.15) is 5.56 Å². The second-order valence-electron chi connectivity index (χ2n) is 7.20. The molecule has 0 bridgehead atoms. The van der Waals surface area contributed by atoms with E-state index in [9.17, 15) is 19.7 Å². The number of ether oxygens (including phenoxy) is 2. The molecule has 0 aromatic heterocycles. The standard InChI is InChI=1S/C22H25N3O6/c1-3-31-20-12-17(18(25(28)29)13-19(20)30-2)22(27)24-16-10-8-14(9-11-16)21(26)23-15-6-4-5-7-15/h8-13,15H,3-7H2,1-2H3,(H,23,26)(H,24,27). The Labute approximate surface area is 179 Å². The molecule has 2 N–H and O–H groups in total. The number of nitro groups is 1. The topological polar surface area (TPSA) is 120 Å². The minimum absolute atomic E-state index is 0.155. The highest BCUT2D eigenvalue weighted by molar-refractivity contribution is 6.07. The van der Waals surface area contributed by atoms with Gasteiger partial charge >= 0.3 is 0 Å². The van der Waals surface area contributed by atoms with E-state index in [0.29, 0.717) is 17.9 Å². The van der Waals surface area contributed by atoms with E-state index in [2.05, 4.69) is 10.6 Å². The molecule has 0 saturated heterocycles. The van der Waals surface area contributed by atoms with Gasteiger partial charge in [-0.15, -0.1) is 0 Å². The number of hydrogen-bond acceptors (Lipinski definition) is 6. The molecule has 1 fully saturated rings. The maximum atomic E-state index is 12.8. The van der Waals surface area contributed by atoms with Crippen LogP contribution in [0.3, 0.4) is 0 Å². The molecule has 9 heteroatoms. The third kappa shape index (κ3) is 5.30. The largest absolute Gasteiger partial charge is 0.493 e. The minimum Gasteiger partial charge on any atom is -0.493 e. The fourth-order valence-electron chi connectivity index (χ4n) is 3.55. The van der Waals surface area contributed by atoms with Crippen LogP contribution >= 0.6 is 0 Å². The first-order valence-electron chi connectivity index (χ1n) is 10.1. The summed E-state index contributed by atoms with van der Waals surface area (Å²) in [5.41, 5.74) is 0.340. The molecule has 1 saturated carbocycles. The van der Waals surface area contributed by atoms with Crippen LogP contribution < -0.4 is 20.1 Å². The molecule has 1 aliphatic rings. The summed E-state index contributed by atoms with van der Waals surface area (Å²) < 4.78 is 10.6. The molecule has 0 radical (unpaired) electrons. The first kappa shape index (κ1) is 22.1. The summed E-state index contributed by atoms with van der Waals surface area (Å²) in [6, 6.07) is 9.04. The van der Waals surface area contributed by atoms with Crippen LogP contribution in [0.1, 0.15) is 53.3 Å². The summed E-state index contributed by atoms with van der Waals surface area (Å²) in [6.45, 7) is 2.06. The number of methoxy groups -OCH3 is 1. The number of amides is 2.